The largest absolute Gasteiger partial charge is 0.480 e. The maximum atomic E-state index is 13.9. The van der Waals surface area contributed by atoms with Crippen molar-refractivity contribution < 1.29 is 53.1 Å². The Labute approximate surface area is 352 Å². The minimum atomic E-state index is -1.23. The van der Waals surface area contributed by atoms with Gasteiger partial charge in [0.15, 0.2) is 0 Å². The van der Waals surface area contributed by atoms with Gasteiger partial charge in [0.1, 0.15) is 42.8 Å². The van der Waals surface area contributed by atoms with Gasteiger partial charge in [-0.1, -0.05) is 0 Å². The second-order valence-electron chi connectivity index (χ2n) is 15.7. The second-order valence-corrected chi connectivity index (χ2v) is 16.7. The fourth-order valence-electron chi connectivity index (χ4n) is 8.91. The lowest BCUT2D eigenvalue weighted by Gasteiger charge is -2.32. The maximum absolute atomic E-state index is 13.9. The third-order valence-corrected chi connectivity index (χ3v) is 12.6. The standard InChI is InChI=1S/C38H58N10O11S/c1-60-18-12-23(33(54)42-22-32(52)53)43-36(57)26-9-2-13-44(26)30(50)20-40-34(55)25-8-4-17-48(25)38(59)28-11-6-15-46(28)31(51)21-41-35(56)24-7-3-16-47(24)37(58)27-10-5-14-45(27)29(49)19-39/h23-28H,2-22,39H2,1H3,(H,40,55)(H,41,56)(H,42,54)(H,43,57)(H,52,53)/t23-,24-,25-,26-,27-,28-/m0/s1. The Hall–Kier alpha value is -4.99. The number of thioether (sulfide) groups is 1. The van der Waals surface area contributed by atoms with E-state index in [0.717, 1.165) is 0 Å². The molecule has 6 atom stereocenters. The first-order valence-electron chi connectivity index (χ1n) is 20.8. The van der Waals surface area contributed by atoms with Crippen LogP contribution in [0.5, 0.6) is 0 Å². The maximum Gasteiger partial charge on any atom is 0.322 e. The fraction of sp³-hybridized carbons (Fsp3) is 0.737. The summed E-state index contributed by atoms with van der Waals surface area (Å²) in [5.74, 6) is -4.99. The summed E-state index contributed by atoms with van der Waals surface area (Å²) in [6.45, 7) is -0.0607. The van der Waals surface area contributed by atoms with Crippen LogP contribution in [0, 0.1) is 0 Å². The molecule has 0 spiro atoms. The first-order valence-corrected chi connectivity index (χ1v) is 22.2. The Kier molecular flexibility index (Phi) is 16.5. The lowest BCUT2D eigenvalue weighted by molar-refractivity contribution is -0.147. The summed E-state index contributed by atoms with van der Waals surface area (Å²) in [5, 5.41) is 19.1. The van der Waals surface area contributed by atoms with E-state index in [2.05, 4.69) is 21.3 Å². The highest BCUT2D eigenvalue weighted by atomic mass is 32.2. The van der Waals surface area contributed by atoms with E-state index in [-0.39, 0.29) is 51.0 Å². The average Bonchev–Trinajstić information content (AvgIpc) is 4.09. The molecule has 0 aliphatic carbocycles. The molecular weight excluding hydrogens is 805 g/mol. The monoisotopic (exact) mass is 862 g/mol. The van der Waals surface area contributed by atoms with Gasteiger partial charge >= 0.3 is 5.97 Å². The van der Waals surface area contributed by atoms with Crippen molar-refractivity contribution in [2.24, 2.45) is 5.73 Å². The van der Waals surface area contributed by atoms with Crippen molar-refractivity contribution in [2.75, 3.05) is 70.9 Å². The lowest BCUT2D eigenvalue weighted by Crippen LogP contribution is -2.56. The molecule has 0 unspecified atom stereocenters. The van der Waals surface area contributed by atoms with Gasteiger partial charge in [0, 0.05) is 32.7 Å². The van der Waals surface area contributed by atoms with E-state index in [1.165, 1.54) is 36.3 Å². The third-order valence-electron chi connectivity index (χ3n) is 11.9. The predicted molar refractivity (Wildman–Crippen MR) is 214 cm³/mol. The highest BCUT2D eigenvalue weighted by Crippen LogP contribution is 2.27. The number of carboxylic acids is 1. The molecule has 5 fully saturated rings. The van der Waals surface area contributed by atoms with Crippen molar-refractivity contribution in [3.63, 3.8) is 0 Å². The van der Waals surface area contributed by atoms with Crippen molar-refractivity contribution in [1.29, 1.82) is 0 Å². The summed E-state index contributed by atoms with van der Waals surface area (Å²) in [6, 6.07) is -5.10. The molecule has 22 heteroatoms. The normalized spacial score (nSPS) is 24.3. The number of aliphatic carboxylic acids is 1. The van der Waals surface area contributed by atoms with Gasteiger partial charge in [0.05, 0.1) is 19.6 Å². The first-order chi connectivity index (χ1) is 28.8. The molecule has 21 nitrogen and oxygen atoms in total. The number of likely N-dealkylation sites (tertiary alicyclic amines) is 5. The third kappa shape index (κ3) is 11.0. The number of carbonyl (C=O) groups is 10. The minimum absolute atomic E-state index is 0.212. The summed E-state index contributed by atoms with van der Waals surface area (Å²) in [4.78, 5) is 137. The van der Waals surface area contributed by atoms with Crippen LogP contribution in [0.25, 0.3) is 0 Å². The Balaban J connectivity index is 1.11. The smallest absolute Gasteiger partial charge is 0.322 e. The van der Waals surface area contributed by atoms with Gasteiger partial charge in [-0.3, -0.25) is 47.9 Å². The van der Waals surface area contributed by atoms with Gasteiger partial charge in [-0.15, -0.1) is 0 Å². The molecule has 5 saturated heterocycles. The molecule has 0 saturated carbocycles. The molecule has 60 heavy (non-hydrogen) atoms. The molecule has 0 aromatic rings. The number of hydrogen-bond acceptors (Lipinski definition) is 12. The number of hydrogen-bond donors (Lipinski definition) is 6. The molecule has 9 amide bonds. The van der Waals surface area contributed by atoms with Crippen molar-refractivity contribution in [3.05, 3.63) is 0 Å². The molecule has 5 rings (SSSR count). The Morgan fingerprint density at radius 2 is 0.967 bits per heavy atom. The predicted octanol–water partition coefficient (Wildman–Crippen LogP) is -3.43. The van der Waals surface area contributed by atoms with Crippen LogP contribution in [0.3, 0.4) is 0 Å². The topological polar surface area (TPSA) is 281 Å². The average molecular weight is 863 g/mol. The van der Waals surface area contributed by atoms with Gasteiger partial charge in [-0.25, -0.2) is 0 Å². The molecule has 5 aliphatic rings. The van der Waals surface area contributed by atoms with Crippen LogP contribution in [0.1, 0.15) is 70.6 Å². The van der Waals surface area contributed by atoms with E-state index in [4.69, 9.17) is 10.8 Å². The Bertz CT molecular complexity index is 1680. The van der Waals surface area contributed by atoms with E-state index in [1.54, 1.807) is 0 Å². The highest BCUT2D eigenvalue weighted by Gasteiger charge is 2.44. The zero-order chi connectivity index (χ0) is 43.5. The van der Waals surface area contributed by atoms with Crippen LogP contribution >= 0.6 is 11.8 Å². The molecule has 5 heterocycles. The first kappa shape index (κ1) is 46.1. The van der Waals surface area contributed by atoms with Gasteiger partial charge < -0.3 is 56.6 Å². The van der Waals surface area contributed by atoms with Crippen LogP contribution in [-0.2, 0) is 47.9 Å². The second kappa shape index (κ2) is 21.5. The van der Waals surface area contributed by atoms with Crippen molar-refractivity contribution in [3.8, 4) is 0 Å². The van der Waals surface area contributed by atoms with Crippen LogP contribution < -0.4 is 27.0 Å². The van der Waals surface area contributed by atoms with Crippen LogP contribution in [0.15, 0.2) is 0 Å². The van der Waals surface area contributed by atoms with Crippen molar-refractivity contribution in [2.45, 2.75) is 107 Å². The SMILES string of the molecule is CSCC[C@H](NC(=O)[C@@H]1CCCN1C(=O)CNC(=O)[C@@H]1CCCN1C(=O)[C@@H]1CCCN1C(=O)CNC(=O)[C@@H]1CCCN1C(=O)[C@@H]1CCCN1C(=O)CN)C(=O)NCC(=O)O. The lowest BCUT2D eigenvalue weighted by atomic mass is 10.1. The van der Waals surface area contributed by atoms with E-state index >= 15 is 0 Å². The molecule has 332 valence electrons. The molecule has 0 bridgehead atoms. The van der Waals surface area contributed by atoms with Gasteiger partial charge in [-0.2, -0.15) is 11.8 Å². The van der Waals surface area contributed by atoms with Crippen molar-refractivity contribution >= 4 is 70.9 Å². The zero-order valence-electron chi connectivity index (χ0n) is 34.1. The molecule has 0 aromatic carbocycles. The molecule has 5 aliphatic heterocycles. The molecular formula is C38H58N10O11S. The Morgan fingerprint density at radius 3 is 1.40 bits per heavy atom. The molecule has 0 aromatic heterocycles. The van der Waals surface area contributed by atoms with Gasteiger partial charge in [0.25, 0.3) is 0 Å². The summed E-state index contributed by atoms with van der Waals surface area (Å²) in [7, 11) is 0. The number of carbonyl (C=O) groups excluding carboxylic acids is 9. The van der Waals surface area contributed by atoms with Crippen LogP contribution in [0.4, 0.5) is 0 Å². The summed E-state index contributed by atoms with van der Waals surface area (Å²) in [5.41, 5.74) is 5.54. The number of rotatable bonds is 17. The number of amides is 9. The van der Waals surface area contributed by atoms with E-state index in [9.17, 15) is 47.9 Å². The van der Waals surface area contributed by atoms with Crippen molar-refractivity contribution in [1.82, 2.24) is 45.8 Å². The van der Waals surface area contributed by atoms with E-state index in [0.29, 0.717) is 83.1 Å². The van der Waals surface area contributed by atoms with Gasteiger partial charge in [-0.05, 0) is 82.6 Å². The van der Waals surface area contributed by atoms with E-state index < -0.39 is 96.7 Å². The number of carboxylic acid groups (broad SMARTS) is 1. The van der Waals surface area contributed by atoms with Crippen LogP contribution in [-0.4, -0.2) is 196 Å². The minimum Gasteiger partial charge on any atom is -0.480 e. The zero-order valence-corrected chi connectivity index (χ0v) is 34.9. The number of nitrogens with zero attached hydrogens (tertiary/aromatic N) is 5. The number of nitrogens with one attached hydrogen (secondary N) is 4. The van der Waals surface area contributed by atoms with E-state index in [1.807, 2.05) is 6.26 Å². The quantitative estimate of drug-likeness (QED) is 0.0832. The number of nitrogens with two attached hydrogens (primary N) is 1. The highest BCUT2D eigenvalue weighted by molar-refractivity contribution is 7.98. The Morgan fingerprint density at radius 1 is 0.567 bits per heavy atom. The summed E-state index contributed by atoms with van der Waals surface area (Å²) >= 11 is 1.45. The summed E-state index contributed by atoms with van der Waals surface area (Å²) < 4.78 is 0. The molecule has 7 N–H and O–H groups in total. The van der Waals surface area contributed by atoms with Gasteiger partial charge in [0.2, 0.25) is 53.2 Å². The molecule has 0 radical (unpaired) electrons. The summed E-state index contributed by atoms with van der Waals surface area (Å²) in [6.07, 6.45) is 6.83. The fourth-order valence-corrected chi connectivity index (χ4v) is 9.38. The van der Waals surface area contributed by atoms with Crippen LogP contribution in [0.2, 0.25) is 0 Å².